The van der Waals surface area contributed by atoms with Crippen molar-refractivity contribution >= 4 is 0 Å². The predicted octanol–water partition coefficient (Wildman–Crippen LogP) is 4.43. The number of hydrogen-bond donors (Lipinski definition) is 1. The van der Waals surface area contributed by atoms with E-state index in [4.69, 9.17) is 9.72 Å². The molecule has 30 heavy (non-hydrogen) atoms. The SMILES string of the molecule is CCCCc1nc(CCOC)[nH]c(=O)c1Cc1ccc(-c2ccccc2)c(C#N)c1. The Morgan fingerprint density at radius 2 is 1.93 bits per heavy atom. The third kappa shape index (κ3) is 5.22. The van der Waals surface area contributed by atoms with E-state index in [9.17, 15) is 10.1 Å². The van der Waals surface area contributed by atoms with Crippen LogP contribution < -0.4 is 5.56 Å². The van der Waals surface area contributed by atoms with E-state index < -0.39 is 0 Å². The summed E-state index contributed by atoms with van der Waals surface area (Å²) in [4.78, 5) is 20.4. The fourth-order valence-electron chi connectivity index (χ4n) is 3.51. The van der Waals surface area contributed by atoms with Gasteiger partial charge < -0.3 is 9.72 Å². The molecule has 0 bridgehead atoms. The van der Waals surface area contributed by atoms with Crippen LogP contribution in [0.15, 0.2) is 53.3 Å². The molecule has 0 aliphatic heterocycles. The molecule has 0 spiro atoms. The van der Waals surface area contributed by atoms with Gasteiger partial charge in [-0.05, 0) is 35.6 Å². The quantitative estimate of drug-likeness (QED) is 0.575. The number of aryl methyl sites for hydroxylation is 1. The first-order valence-electron chi connectivity index (χ1n) is 10.3. The number of aromatic amines is 1. The standard InChI is InChI=1S/C25H27N3O2/c1-3-4-10-23-22(25(29)28-24(27-23)13-14-30-2)16-18-11-12-21(20(15-18)17-26)19-8-6-5-7-9-19/h5-9,11-12,15H,3-4,10,13-14,16H2,1-2H3,(H,27,28,29). The first-order chi connectivity index (χ1) is 14.7. The summed E-state index contributed by atoms with van der Waals surface area (Å²) >= 11 is 0. The van der Waals surface area contributed by atoms with E-state index in [1.807, 2.05) is 48.5 Å². The van der Waals surface area contributed by atoms with Crippen LogP contribution in [0.4, 0.5) is 0 Å². The predicted molar refractivity (Wildman–Crippen MR) is 118 cm³/mol. The zero-order chi connectivity index (χ0) is 21.3. The lowest BCUT2D eigenvalue weighted by Gasteiger charge is -2.12. The summed E-state index contributed by atoms with van der Waals surface area (Å²) in [5.74, 6) is 0.661. The number of H-pyrrole nitrogens is 1. The Morgan fingerprint density at radius 1 is 1.13 bits per heavy atom. The van der Waals surface area contributed by atoms with Crippen LogP contribution in [0.3, 0.4) is 0 Å². The average molecular weight is 402 g/mol. The molecule has 5 heteroatoms. The van der Waals surface area contributed by atoms with Crippen LogP contribution in [-0.2, 0) is 24.0 Å². The molecule has 0 aliphatic rings. The molecule has 3 aromatic rings. The van der Waals surface area contributed by atoms with Crippen molar-refractivity contribution in [3.63, 3.8) is 0 Å². The second-order valence-corrected chi connectivity index (χ2v) is 7.32. The number of aromatic nitrogens is 2. The summed E-state index contributed by atoms with van der Waals surface area (Å²) in [6.07, 6.45) is 3.81. The summed E-state index contributed by atoms with van der Waals surface area (Å²) in [6.45, 7) is 2.64. The molecule has 2 aromatic carbocycles. The topological polar surface area (TPSA) is 78.8 Å². The van der Waals surface area contributed by atoms with Gasteiger partial charge in [0.1, 0.15) is 5.82 Å². The minimum absolute atomic E-state index is 0.104. The molecule has 0 saturated carbocycles. The van der Waals surface area contributed by atoms with Crippen LogP contribution in [0.25, 0.3) is 11.1 Å². The van der Waals surface area contributed by atoms with E-state index in [1.165, 1.54) is 0 Å². The molecule has 0 radical (unpaired) electrons. The van der Waals surface area contributed by atoms with Crippen molar-refractivity contribution in [2.75, 3.05) is 13.7 Å². The monoisotopic (exact) mass is 401 g/mol. The number of unbranched alkanes of at least 4 members (excludes halogenated alkanes) is 1. The molecule has 3 rings (SSSR count). The number of hydrogen-bond acceptors (Lipinski definition) is 4. The molecule has 0 fully saturated rings. The lowest BCUT2D eigenvalue weighted by Crippen LogP contribution is -2.21. The summed E-state index contributed by atoms with van der Waals surface area (Å²) in [5, 5.41) is 9.67. The molecule has 0 amide bonds. The first-order valence-corrected chi connectivity index (χ1v) is 10.3. The van der Waals surface area contributed by atoms with Gasteiger partial charge in [-0.2, -0.15) is 5.26 Å². The number of ether oxygens (including phenoxy) is 1. The second-order valence-electron chi connectivity index (χ2n) is 7.32. The van der Waals surface area contributed by atoms with E-state index in [0.717, 1.165) is 41.6 Å². The van der Waals surface area contributed by atoms with Gasteiger partial charge in [0.05, 0.1) is 23.9 Å². The third-order valence-corrected chi connectivity index (χ3v) is 5.13. The molecule has 0 aliphatic carbocycles. The fourth-order valence-corrected chi connectivity index (χ4v) is 3.51. The highest BCUT2D eigenvalue weighted by Crippen LogP contribution is 2.25. The number of methoxy groups -OCH3 is 1. The molecule has 1 N–H and O–H groups in total. The van der Waals surface area contributed by atoms with E-state index in [1.54, 1.807) is 7.11 Å². The van der Waals surface area contributed by atoms with Gasteiger partial charge in [-0.3, -0.25) is 4.79 Å². The summed E-state index contributed by atoms with van der Waals surface area (Å²) in [7, 11) is 1.64. The molecule has 1 heterocycles. The second kappa shape index (κ2) is 10.5. The Morgan fingerprint density at radius 3 is 2.63 bits per heavy atom. The van der Waals surface area contributed by atoms with Gasteiger partial charge in [0.2, 0.25) is 0 Å². The maximum absolute atomic E-state index is 12.8. The maximum atomic E-state index is 12.8. The average Bonchev–Trinajstić information content (AvgIpc) is 2.78. The van der Waals surface area contributed by atoms with Gasteiger partial charge in [-0.1, -0.05) is 55.8 Å². The lowest BCUT2D eigenvalue weighted by molar-refractivity contribution is 0.200. The van der Waals surface area contributed by atoms with E-state index in [-0.39, 0.29) is 5.56 Å². The maximum Gasteiger partial charge on any atom is 0.254 e. The van der Waals surface area contributed by atoms with Gasteiger partial charge in [0, 0.05) is 25.5 Å². The zero-order valence-corrected chi connectivity index (χ0v) is 17.6. The van der Waals surface area contributed by atoms with Crippen LogP contribution in [0.2, 0.25) is 0 Å². The number of benzene rings is 2. The van der Waals surface area contributed by atoms with Crippen molar-refractivity contribution in [2.24, 2.45) is 0 Å². The molecule has 154 valence electrons. The van der Waals surface area contributed by atoms with E-state index >= 15 is 0 Å². The van der Waals surface area contributed by atoms with Crippen LogP contribution in [-0.4, -0.2) is 23.7 Å². The highest BCUT2D eigenvalue weighted by atomic mass is 16.5. The third-order valence-electron chi connectivity index (χ3n) is 5.13. The normalized spacial score (nSPS) is 10.7. The van der Waals surface area contributed by atoms with Crippen LogP contribution >= 0.6 is 0 Å². The number of nitrogens with one attached hydrogen (secondary N) is 1. The Labute approximate surface area is 177 Å². The Balaban J connectivity index is 1.95. The molecular weight excluding hydrogens is 374 g/mol. The minimum Gasteiger partial charge on any atom is -0.384 e. The lowest BCUT2D eigenvalue weighted by atomic mass is 9.95. The Bertz CT molecular complexity index is 1080. The van der Waals surface area contributed by atoms with E-state index in [2.05, 4.69) is 18.0 Å². The van der Waals surface area contributed by atoms with Crippen molar-refractivity contribution in [1.82, 2.24) is 9.97 Å². The van der Waals surface area contributed by atoms with Crippen molar-refractivity contribution in [3.8, 4) is 17.2 Å². The van der Waals surface area contributed by atoms with Crippen LogP contribution in [0, 0.1) is 11.3 Å². The summed E-state index contributed by atoms with van der Waals surface area (Å²) in [6, 6.07) is 18.0. The van der Waals surface area contributed by atoms with Gasteiger partial charge in [0.15, 0.2) is 0 Å². The molecule has 0 unspecified atom stereocenters. The molecule has 5 nitrogen and oxygen atoms in total. The smallest absolute Gasteiger partial charge is 0.254 e. The Hall–Kier alpha value is -3.23. The van der Waals surface area contributed by atoms with Gasteiger partial charge in [-0.15, -0.1) is 0 Å². The van der Waals surface area contributed by atoms with E-state index in [0.29, 0.717) is 36.4 Å². The molecule has 0 atom stereocenters. The van der Waals surface area contributed by atoms with Crippen LogP contribution in [0.5, 0.6) is 0 Å². The van der Waals surface area contributed by atoms with Crippen molar-refractivity contribution in [3.05, 3.63) is 87.1 Å². The summed E-state index contributed by atoms with van der Waals surface area (Å²) in [5.41, 5.74) is 4.86. The fraction of sp³-hybridized carbons (Fsp3) is 0.320. The van der Waals surface area contributed by atoms with Gasteiger partial charge in [-0.25, -0.2) is 4.98 Å². The van der Waals surface area contributed by atoms with Crippen LogP contribution in [0.1, 0.15) is 48.0 Å². The highest BCUT2D eigenvalue weighted by molar-refractivity contribution is 5.71. The van der Waals surface area contributed by atoms with Gasteiger partial charge >= 0.3 is 0 Å². The number of rotatable bonds is 9. The molecular formula is C25H27N3O2. The minimum atomic E-state index is -0.104. The van der Waals surface area contributed by atoms with Crippen molar-refractivity contribution in [2.45, 2.75) is 39.0 Å². The Kier molecular flexibility index (Phi) is 7.53. The van der Waals surface area contributed by atoms with Crippen molar-refractivity contribution in [1.29, 1.82) is 5.26 Å². The molecule has 1 aromatic heterocycles. The zero-order valence-electron chi connectivity index (χ0n) is 17.6. The largest absolute Gasteiger partial charge is 0.384 e. The number of nitriles is 1. The molecule has 0 saturated heterocycles. The van der Waals surface area contributed by atoms with Crippen molar-refractivity contribution < 1.29 is 4.74 Å². The highest BCUT2D eigenvalue weighted by Gasteiger charge is 2.14. The summed E-state index contributed by atoms with van der Waals surface area (Å²) < 4.78 is 5.11. The first kappa shape index (κ1) is 21.5. The number of nitrogens with zero attached hydrogens (tertiary/aromatic N) is 2. The van der Waals surface area contributed by atoms with Gasteiger partial charge in [0.25, 0.3) is 5.56 Å².